The Balaban J connectivity index is 1.69. The summed E-state index contributed by atoms with van der Waals surface area (Å²) in [5.74, 6) is -0.485. The first-order valence-electron chi connectivity index (χ1n) is 8.24. The van der Waals surface area contributed by atoms with Gasteiger partial charge in [0.1, 0.15) is 0 Å². The first-order chi connectivity index (χ1) is 11.3. The summed E-state index contributed by atoms with van der Waals surface area (Å²) >= 11 is 0. The van der Waals surface area contributed by atoms with Gasteiger partial charge in [-0.2, -0.15) is 0 Å². The van der Waals surface area contributed by atoms with Crippen LogP contribution in [0.3, 0.4) is 0 Å². The van der Waals surface area contributed by atoms with E-state index in [1.165, 1.54) is 4.31 Å². The number of carbonyl (C=O) groups excluding carboxylic acids is 2. The normalized spacial score (nSPS) is 19.8. The second-order valence-electron chi connectivity index (χ2n) is 6.71. The summed E-state index contributed by atoms with van der Waals surface area (Å²) in [6.45, 7) is 4.91. The minimum Gasteiger partial charge on any atom is -0.273 e. The molecular formula is C17H22N2O4S. The van der Waals surface area contributed by atoms with Gasteiger partial charge in [-0.3, -0.25) is 14.5 Å². The number of fused-ring (bicyclic) bond motifs is 1. The van der Waals surface area contributed by atoms with E-state index in [0.29, 0.717) is 30.1 Å². The van der Waals surface area contributed by atoms with Gasteiger partial charge in [-0.25, -0.2) is 12.7 Å². The molecule has 24 heavy (non-hydrogen) atoms. The minimum absolute atomic E-state index is 0.0974. The van der Waals surface area contributed by atoms with Crippen LogP contribution in [0.2, 0.25) is 0 Å². The zero-order chi connectivity index (χ0) is 17.5. The second kappa shape index (κ2) is 6.29. The zero-order valence-corrected chi connectivity index (χ0v) is 14.8. The van der Waals surface area contributed by atoms with E-state index < -0.39 is 21.8 Å². The molecular weight excluding hydrogens is 328 g/mol. The monoisotopic (exact) mass is 350 g/mol. The molecule has 1 aromatic carbocycles. The van der Waals surface area contributed by atoms with Gasteiger partial charge in [-0.05, 0) is 37.8 Å². The number of hydrogen-bond donors (Lipinski definition) is 0. The second-order valence-corrected chi connectivity index (χ2v) is 8.80. The topological polar surface area (TPSA) is 74.8 Å². The van der Waals surface area contributed by atoms with E-state index in [1.54, 1.807) is 18.2 Å². The highest BCUT2D eigenvalue weighted by atomic mass is 32.2. The summed E-state index contributed by atoms with van der Waals surface area (Å²) in [5, 5.41) is 0. The maximum Gasteiger partial charge on any atom is 0.261 e. The van der Waals surface area contributed by atoms with Crippen LogP contribution >= 0.6 is 0 Å². The molecule has 0 radical (unpaired) electrons. The summed E-state index contributed by atoms with van der Waals surface area (Å²) < 4.78 is 26.4. The van der Waals surface area contributed by atoms with Gasteiger partial charge in [0, 0.05) is 19.6 Å². The molecule has 7 heteroatoms. The number of carbonyl (C=O) groups is 2. The van der Waals surface area contributed by atoms with Gasteiger partial charge < -0.3 is 0 Å². The van der Waals surface area contributed by atoms with Crippen molar-refractivity contribution in [2.24, 2.45) is 5.92 Å². The van der Waals surface area contributed by atoms with Crippen molar-refractivity contribution in [1.82, 2.24) is 9.21 Å². The van der Waals surface area contributed by atoms with Crippen molar-refractivity contribution in [2.75, 3.05) is 25.4 Å². The molecule has 130 valence electrons. The highest BCUT2D eigenvalue weighted by Crippen LogP contribution is 2.24. The predicted octanol–water partition coefficient (Wildman–Crippen LogP) is 1.65. The van der Waals surface area contributed by atoms with E-state index in [-0.39, 0.29) is 12.3 Å². The zero-order valence-electron chi connectivity index (χ0n) is 14.0. The molecule has 0 bridgehead atoms. The molecule has 1 aromatic rings. The lowest BCUT2D eigenvalue weighted by Gasteiger charge is -2.29. The summed E-state index contributed by atoms with van der Waals surface area (Å²) in [4.78, 5) is 25.8. The largest absolute Gasteiger partial charge is 0.273 e. The van der Waals surface area contributed by atoms with Crippen molar-refractivity contribution >= 4 is 21.8 Å². The number of piperidine rings is 1. The SMILES string of the molecule is Cc1ccc2c(c1)C(=O)N(CCS(=O)(=O)N1CCC(C)CC1)C2=O. The summed E-state index contributed by atoms with van der Waals surface area (Å²) in [6.07, 6.45) is 1.71. The molecule has 0 spiro atoms. The highest BCUT2D eigenvalue weighted by Gasteiger charge is 2.36. The number of aryl methyl sites for hydroxylation is 1. The molecule has 2 amide bonds. The molecule has 0 N–H and O–H groups in total. The Kier molecular flexibility index (Phi) is 4.48. The van der Waals surface area contributed by atoms with E-state index in [1.807, 2.05) is 6.92 Å². The van der Waals surface area contributed by atoms with Crippen molar-refractivity contribution in [3.63, 3.8) is 0 Å². The lowest BCUT2D eigenvalue weighted by Crippen LogP contribution is -2.42. The molecule has 1 saturated heterocycles. The number of nitrogens with zero attached hydrogens (tertiary/aromatic N) is 2. The summed E-state index contributed by atoms with van der Waals surface area (Å²) in [7, 11) is -3.45. The van der Waals surface area contributed by atoms with Crippen LogP contribution in [-0.2, 0) is 10.0 Å². The molecule has 2 aliphatic heterocycles. The molecule has 6 nitrogen and oxygen atoms in total. The smallest absolute Gasteiger partial charge is 0.261 e. The predicted molar refractivity (Wildman–Crippen MR) is 90.3 cm³/mol. The maximum absolute atomic E-state index is 12.5. The molecule has 0 atom stereocenters. The summed E-state index contributed by atoms with van der Waals surface area (Å²) in [5.41, 5.74) is 1.62. The standard InChI is InChI=1S/C17H22N2O4S/c1-12-5-7-18(8-6-12)24(22,23)10-9-19-16(20)14-4-3-13(2)11-15(14)17(19)21/h3-4,11-12H,5-10H2,1-2H3. The maximum atomic E-state index is 12.5. The molecule has 0 saturated carbocycles. The van der Waals surface area contributed by atoms with Crippen molar-refractivity contribution in [1.29, 1.82) is 0 Å². The average Bonchev–Trinajstić information content (AvgIpc) is 2.77. The highest BCUT2D eigenvalue weighted by molar-refractivity contribution is 7.89. The first-order valence-corrected chi connectivity index (χ1v) is 9.85. The molecule has 3 rings (SSSR count). The summed E-state index contributed by atoms with van der Waals surface area (Å²) in [6, 6.07) is 5.08. The van der Waals surface area contributed by atoms with Gasteiger partial charge >= 0.3 is 0 Å². The van der Waals surface area contributed by atoms with E-state index in [4.69, 9.17) is 0 Å². The quantitative estimate of drug-likeness (QED) is 0.774. The molecule has 0 unspecified atom stereocenters. The molecule has 2 heterocycles. The number of amides is 2. The van der Waals surface area contributed by atoms with E-state index in [2.05, 4.69) is 6.92 Å². The van der Waals surface area contributed by atoms with E-state index in [9.17, 15) is 18.0 Å². The van der Waals surface area contributed by atoms with Gasteiger partial charge in [-0.1, -0.05) is 18.6 Å². The van der Waals surface area contributed by atoms with E-state index in [0.717, 1.165) is 23.3 Å². The van der Waals surface area contributed by atoms with Gasteiger partial charge in [0.15, 0.2) is 0 Å². The Morgan fingerprint density at radius 2 is 1.71 bits per heavy atom. The van der Waals surface area contributed by atoms with Crippen LogP contribution in [0.5, 0.6) is 0 Å². The van der Waals surface area contributed by atoms with Gasteiger partial charge in [0.25, 0.3) is 11.8 Å². The molecule has 1 fully saturated rings. The third-order valence-corrected chi connectivity index (χ3v) is 6.69. The first kappa shape index (κ1) is 17.1. The van der Waals surface area contributed by atoms with Crippen LogP contribution in [0, 0.1) is 12.8 Å². The van der Waals surface area contributed by atoms with Gasteiger partial charge in [0.05, 0.1) is 16.9 Å². The third kappa shape index (κ3) is 3.10. The van der Waals surface area contributed by atoms with Crippen LogP contribution in [-0.4, -0.2) is 54.8 Å². The lowest BCUT2D eigenvalue weighted by atomic mass is 10.0. The Morgan fingerprint density at radius 1 is 1.08 bits per heavy atom. The Bertz CT molecular complexity index is 780. The van der Waals surface area contributed by atoms with Crippen molar-refractivity contribution < 1.29 is 18.0 Å². The molecule has 0 aliphatic carbocycles. The lowest BCUT2D eigenvalue weighted by molar-refractivity contribution is 0.0663. The van der Waals surface area contributed by atoms with Crippen molar-refractivity contribution in [3.8, 4) is 0 Å². The number of benzene rings is 1. The van der Waals surface area contributed by atoms with Crippen molar-refractivity contribution in [2.45, 2.75) is 26.7 Å². The van der Waals surface area contributed by atoms with Gasteiger partial charge in [-0.15, -0.1) is 0 Å². The number of rotatable bonds is 4. The number of hydrogen-bond acceptors (Lipinski definition) is 4. The van der Waals surface area contributed by atoms with Gasteiger partial charge in [0.2, 0.25) is 10.0 Å². The van der Waals surface area contributed by atoms with E-state index >= 15 is 0 Å². The van der Waals surface area contributed by atoms with Crippen LogP contribution in [0.15, 0.2) is 18.2 Å². The van der Waals surface area contributed by atoms with Crippen LogP contribution in [0.1, 0.15) is 46.0 Å². The third-order valence-electron chi connectivity index (χ3n) is 4.84. The van der Waals surface area contributed by atoms with Crippen LogP contribution < -0.4 is 0 Å². The van der Waals surface area contributed by atoms with Crippen molar-refractivity contribution in [3.05, 3.63) is 34.9 Å². The molecule has 0 aromatic heterocycles. The average molecular weight is 350 g/mol. The Morgan fingerprint density at radius 3 is 2.38 bits per heavy atom. The minimum atomic E-state index is -3.45. The fourth-order valence-corrected chi connectivity index (χ4v) is 4.65. The number of imide groups is 1. The number of sulfonamides is 1. The Labute approximate surface area is 142 Å². The molecule has 2 aliphatic rings. The van der Waals surface area contributed by atoms with Crippen LogP contribution in [0.4, 0.5) is 0 Å². The van der Waals surface area contributed by atoms with Crippen LogP contribution in [0.25, 0.3) is 0 Å². The fourth-order valence-electron chi connectivity index (χ4n) is 3.21. The fraction of sp³-hybridized carbons (Fsp3) is 0.529. The Hall–Kier alpha value is -1.73.